The lowest BCUT2D eigenvalue weighted by atomic mass is 9.69. The second-order valence-corrected chi connectivity index (χ2v) is 9.69. The van der Waals surface area contributed by atoms with Gasteiger partial charge in [-0.25, -0.2) is 0 Å². The molecule has 1 aromatic rings. The van der Waals surface area contributed by atoms with Crippen molar-refractivity contribution in [2.45, 2.75) is 59.3 Å². The molecule has 0 spiro atoms. The number of fused-ring (bicyclic) bond motifs is 1. The fraction of sp³-hybridized carbons (Fsp3) is 0.591. The summed E-state index contributed by atoms with van der Waals surface area (Å²) in [6.07, 6.45) is 8.45. The maximum Gasteiger partial charge on any atom is 0.307 e. The fourth-order valence-electron chi connectivity index (χ4n) is 4.33. The Morgan fingerprint density at radius 2 is 2.00 bits per heavy atom. The Kier molecular flexibility index (Phi) is 5.95. The van der Waals surface area contributed by atoms with Gasteiger partial charge in [0, 0.05) is 4.88 Å². The molecule has 2 N–H and O–H groups in total. The predicted octanol–water partition coefficient (Wildman–Crippen LogP) is 4.77. The number of carbonyl (C=O) groups is 2. The Hall–Kier alpha value is -2.13. The Labute approximate surface area is 170 Å². The van der Waals surface area contributed by atoms with E-state index in [1.807, 2.05) is 12.2 Å². The van der Waals surface area contributed by atoms with E-state index in [0.717, 1.165) is 31.2 Å². The summed E-state index contributed by atoms with van der Waals surface area (Å²) in [5.74, 6) is -1.98. The predicted molar refractivity (Wildman–Crippen MR) is 110 cm³/mol. The summed E-state index contributed by atoms with van der Waals surface area (Å²) >= 11 is 1.50. The molecule has 3 unspecified atom stereocenters. The van der Waals surface area contributed by atoms with E-state index in [2.05, 4.69) is 32.2 Å². The number of allylic oxidation sites excluding steroid dienone is 2. The summed E-state index contributed by atoms with van der Waals surface area (Å²) in [6.45, 7) is 6.81. The van der Waals surface area contributed by atoms with Crippen LogP contribution in [0.2, 0.25) is 0 Å². The van der Waals surface area contributed by atoms with Crippen LogP contribution >= 0.6 is 11.3 Å². The number of nitriles is 1. The molecular formula is C22H28N2O3S. The van der Waals surface area contributed by atoms with E-state index >= 15 is 0 Å². The first-order chi connectivity index (χ1) is 13.3. The molecule has 150 valence electrons. The van der Waals surface area contributed by atoms with Gasteiger partial charge in [-0.15, -0.1) is 11.3 Å². The third kappa shape index (κ3) is 3.86. The molecule has 0 fully saturated rings. The summed E-state index contributed by atoms with van der Waals surface area (Å²) in [5, 5.41) is 22.6. The Bertz CT molecular complexity index is 847. The number of nitrogens with one attached hydrogen (secondary N) is 1. The number of nitrogens with zero attached hydrogens (tertiary/aromatic N) is 1. The third-order valence-electron chi connectivity index (χ3n) is 6.72. The molecule has 2 aliphatic carbocycles. The summed E-state index contributed by atoms with van der Waals surface area (Å²) in [4.78, 5) is 25.5. The van der Waals surface area contributed by atoms with Crippen molar-refractivity contribution in [1.82, 2.24) is 0 Å². The molecule has 0 bridgehead atoms. The quantitative estimate of drug-likeness (QED) is 0.697. The molecule has 1 amide bonds. The number of anilines is 1. The van der Waals surface area contributed by atoms with Crippen molar-refractivity contribution in [2.24, 2.45) is 23.2 Å². The molecular weight excluding hydrogens is 372 g/mol. The molecule has 6 heteroatoms. The van der Waals surface area contributed by atoms with Gasteiger partial charge in [0.25, 0.3) is 0 Å². The number of amides is 1. The zero-order valence-electron chi connectivity index (χ0n) is 16.7. The van der Waals surface area contributed by atoms with Gasteiger partial charge in [-0.1, -0.05) is 39.3 Å². The molecule has 3 rings (SSSR count). The van der Waals surface area contributed by atoms with E-state index < -0.39 is 17.8 Å². The molecule has 0 saturated heterocycles. The average Bonchev–Trinajstić information content (AvgIpc) is 3.03. The number of carboxylic acid groups (broad SMARTS) is 1. The second-order valence-electron chi connectivity index (χ2n) is 8.58. The van der Waals surface area contributed by atoms with E-state index in [-0.39, 0.29) is 11.3 Å². The lowest BCUT2D eigenvalue weighted by Crippen LogP contribution is -2.34. The number of carboxylic acids is 1. The minimum absolute atomic E-state index is 0.251. The van der Waals surface area contributed by atoms with Crippen LogP contribution in [-0.2, 0) is 22.4 Å². The zero-order chi connectivity index (χ0) is 20.5. The number of thiophene rings is 1. The van der Waals surface area contributed by atoms with Gasteiger partial charge < -0.3 is 10.4 Å². The highest BCUT2D eigenvalue weighted by Gasteiger charge is 2.36. The van der Waals surface area contributed by atoms with E-state index in [4.69, 9.17) is 0 Å². The molecule has 28 heavy (non-hydrogen) atoms. The molecule has 0 aromatic carbocycles. The van der Waals surface area contributed by atoms with Gasteiger partial charge in [0.1, 0.15) is 11.1 Å². The van der Waals surface area contributed by atoms with Gasteiger partial charge in [0.2, 0.25) is 5.91 Å². The topological polar surface area (TPSA) is 90.2 Å². The van der Waals surface area contributed by atoms with Crippen molar-refractivity contribution >= 4 is 28.2 Å². The maximum atomic E-state index is 12.8. The van der Waals surface area contributed by atoms with Gasteiger partial charge in [0.15, 0.2) is 0 Å². The first-order valence-corrected chi connectivity index (χ1v) is 10.8. The first kappa shape index (κ1) is 20.6. The highest BCUT2D eigenvalue weighted by atomic mass is 32.1. The highest BCUT2D eigenvalue weighted by molar-refractivity contribution is 7.16. The van der Waals surface area contributed by atoms with Crippen molar-refractivity contribution in [3.05, 3.63) is 28.2 Å². The maximum absolute atomic E-state index is 12.8. The number of hydrogen-bond donors (Lipinski definition) is 2. The van der Waals surface area contributed by atoms with Crippen LogP contribution in [0.1, 0.15) is 62.5 Å². The molecule has 5 nitrogen and oxygen atoms in total. The molecule has 1 heterocycles. The van der Waals surface area contributed by atoms with Crippen molar-refractivity contribution in [3.63, 3.8) is 0 Å². The van der Waals surface area contributed by atoms with E-state index in [1.54, 1.807) is 0 Å². The lowest BCUT2D eigenvalue weighted by Gasteiger charge is -2.36. The van der Waals surface area contributed by atoms with Crippen molar-refractivity contribution < 1.29 is 14.7 Å². The standard InChI is InChI=1S/C22H28N2O3S/c1-4-22(2,3)13-9-10-14-17(12-23)20(28-18(14)11-13)24-19(25)15-7-5-6-8-16(15)21(26)27/h5-6,13,15-16H,4,7-11H2,1-3H3,(H,24,25)(H,26,27). The minimum Gasteiger partial charge on any atom is -0.481 e. The summed E-state index contributed by atoms with van der Waals surface area (Å²) in [6, 6.07) is 2.28. The van der Waals surface area contributed by atoms with Crippen LogP contribution in [0, 0.1) is 34.5 Å². The molecule has 0 radical (unpaired) electrons. The Balaban J connectivity index is 1.82. The van der Waals surface area contributed by atoms with E-state index in [1.165, 1.54) is 16.2 Å². The molecule has 0 aliphatic heterocycles. The molecule has 1 aromatic heterocycles. The average molecular weight is 401 g/mol. The molecule has 0 saturated carbocycles. The van der Waals surface area contributed by atoms with Crippen LogP contribution in [0.3, 0.4) is 0 Å². The number of rotatable bonds is 5. The zero-order valence-corrected chi connectivity index (χ0v) is 17.6. The van der Waals surface area contributed by atoms with Crippen LogP contribution in [0.4, 0.5) is 5.00 Å². The summed E-state index contributed by atoms with van der Waals surface area (Å²) in [5.41, 5.74) is 1.89. The minimum atomic E-state index is -0.944. The lowest BCUT2D eigenvalue weighted by molar-refractivity contribution is -0.146. The number of aliphatic carboxylic acids is 1. The number of hydrogen-bond acceptors (Lipinski definition) is 4. The summed E-state index contributed by atoms with van der Waals surface area (Å²) in [7, 11) is 0. The fourth-order valence-corrected chi connectivity index (χ4v) is 5.61. The van der Waals surface area contributed by atoms with Crippen LogP contribution in [-0.4, -0.2) is 17.0 Å². The van der Waals surface area contributed by atoms with Crippen molar-refractivity contribution in [1.29, 1.82) is 5.26 Å². The van der Waals surface area contributed by atoms with Gasteiger partial charge >= 0.3 is 5.97 Å². The van der Waals surface area contributed by atoms with Crippen molar-refractivity contribution in [2.75, 3.05) is 5.32 Å². The number of carbonyl (C=O) groups excluding carboxylic acids is 1. The normalized spacial score (nSPS) is 24.3. The van der Waals surface area contributed by atoms with E-state index in [9.17, 15) is 20.0 Å². The largest absolute Gasteiger partial charge is 0.481 e. The van der Waals surface area contributed by atoms with Gasteiger partial charge in [-0.05, 0) is 49.0 Å². The molecule has 2 aliphatic rings. The van der Waals surface area contributed by atoms with Crippen LogP contribution < -0.4 is 5.32 Å². The van der Waals surface area contributed by atoms with Crippen molar-refractivity contribution in [3.8, 4) is 6.07 Å². The molecule has 3 atom stereocenters. The smallest absolute Gasteiger partial charge is 0.307 e. The Morgan fingerprint density at radius 1 is 1.32 bits per heavy atom. The third-order valence-corrected chi connectivity index (χ3v) is 7.89. The summed E-state index contributed by atoms with van der Waals surface area (Å²) < 4.78 is 0. The SMILES string of the molecule is CCC(C)(C)C1CCc2c(sc(NC(=O)C3CC=CCC3C(=O)O)c2C#N)C1. The second kappa shape index (κ2) is 8.08. The van der Waals surface area contributed by atoms with Gasteiger partial charge in [-0.3, -0.25) is 9.59 Å². The van der Waals surface area contributed by atoms with E-state index in [0.29, 0.717) is 29.3 Å². The van der Waals surface area contributed by atoms with Crippen LogP contribution in [0.15, 0.2) is 12.2 Å². The highest BCUT2D eigenvalue weighted by Crippen LogP contribution is 2.45. The van der Waals surface area contributed by atoms with Crippen LogP contribution in [0.25, 0.3) is 0 Å². The van der Waals surface area contributed by atoms with Crippen LogP contribution in [0.5, 0.6) is 0 Å². The van der Waals surface area contributed by atoms with Gasteiger partial charge in [0.05, 0.1) is 17.4 Å². The van der Waals surface area contributed by atoms with Gasteiger partial charge in [-0.2, -0.15) is 5.26 Å². The monoisotopic (exact) mass is 400 g/mol. The first-order valence-electron chi connectivity index (χ1n) is 10.0. The Morgan fingerprint density at radius 3 is 2.61 bits per heavy atom.